The summed E-state index contributed by atoms with van der Waals surface area (Å²) in [6.45, 7) is 25.0. The topological polar surface area (TPSA) is 108 Å². The molecule has 0 radical (unpaired) electrons. The van der Waals surface area contributed by atoms with E-state index < -0.39 is 28.5 Å². The monoisotopic (exact) mass is 777 g/mol. The van der Waals surface area contributed by atoms with Crippen LogP contribution in [0, 0.1) is 58.7 Å². The lowest BCUT2D eigenvalue weighted by molar-refractivity contribution is -0.220. The van der Waals surface area contributed by atoms with E-state index >= 15 is 4.79 Å². The number of allylic oxidation sites excluding steroid dienone is 1. The summed E-state index contributed by atoms with van der Waals surface area (Å²) < 4.78 is 8.58. The van der Waals surface area contributed by atoms with Crippen LogP contribution in [0.15, 0.2) is 35.5 Å². The number of fused-ring (bicyclic) bond motifs is 4. The molecule has 4 aliphatic carbocycles. The lowest BCUT2D eigenvalue weighted by Crippen LogP contribution is -2.67. The average Bonchev–Trinajstić information content (AvgIpc) is 3.35. The minimum Gasteiger partial charge on any atom is -0.392 e. The number of rotatable bonds is 6. The first-order valence-corrected chi connectivity index (χ1v) is 22.2. The average molecular weight is 777 g/mol. The number of aliphatic hydroxyl groups excluding tert-OH is 2. The number of ether oxygens (including phenoxy) is 1. The number of ketones is 2. The Morgan fingerprint density at radius 2 is 1.65 bits per heavy atom. The number of nitrogens with one attached hydrogen (secondary N) is 1. The zero-order chi connectivity index (χ0) is 41.0. The molecule has 7 heteroatoms. The summed E-state index contributed by atoms with van der Waals surface area (Å²) in [5, 5.41) is 25.5. The van der Waals surface area contributed by atoms with Gasteiger partial charge in [-0.3, -0.25) is 9.59 Å². The predicted octanol–water partition coefficient (Wildman–Crippen LogP) is 9.31. The molecule has 10 atom stereocenters. The molecule has 0 bridgehead atoms. The molecule has 0 amide bonds. The van der Waals surface area contributed by atoms with Crippen molar-refractivity contribution >= 4 is 22.6 Å². The molecule has 57 heavy (non-hydrogen) atoms. The molecule has 6 aliphatic rings. The number of carbonyl (C=O) groups is 2. The van der Waals surface area contributed by atoms with E-state index in [4.69, 9.17) is 4.74 Å². The van der Waals surface area contributed by atoms with Gasteiger partial charge in [0, 0.05) is 65.6 Å². The van der Waals surface area contributed by atoms with Crippen molar-refractivity contribution in [3.8, 4) is 0 Å². The Morgan fingerprint density at radius 1 is 0.965 bits per heavy atom. The van der Waals surface area contributed by atoms with Crippen molar-refractivity contribution in [2.24, 2.45) is 44.8 Å². The van der Waals surface area contributed by atoms with Crippen LogP contribution < -0.4 is 0 Å². The van der Waals surface area contributed by atoms with Gasteiger partial charge in [-0.05, 0) is 117 Å². The molecule has 2 aliphatic heterocycles. The summed E-state index contributed by atoms with van der Waals surface area (Å²) >= 11 is 0. The highest BCUT2D eigenvalue weighted by molar-refractivity contribution is 6.02. The van der Waals surface area contributed by atoms with Crippen molar-refractivity contribution in [2.75, 3.05) is 0 Å². The maximum atomic E-state index is 15.2. The van der Waals surface area contributed by atoms with Crippen LogP contribution in [0.2, 0.25) is 0 Å². The predicted molar refractivity (Wildman–Crippen MR) is 225 cm³/mol. The molecule has 7 nitrogen and oxygen atoms in total. The Labute approximate surface area is 340 Å². The fraction of sp³-hybridized carbons (Fsp3) is 0.680. The number of nitrogens with zero attached hydrogens (tertiary/aromatic N) is 1. The number of epoxide rings is 1. The SMILES string of the molecule is CCc1c(Cc2cc(C)cc(C)c2)c2[nH]cc3c2n1C[C@H]1C2=C(C(=O)C[C@]2(C)[C@@]2(C)CC[C@H]4C(C)(C)C(=O)CC[C@@]4(C)[C@H]2[C@@H]1O)[C@](C)(C[C@@H](O)[C@H]1OC1(C)C)CC3. The van der Waals surface area contributed by atoms with Crippen molar-refractivity contribution in [1.29, 1.82) is 0 Å². The second-order valence-corrected chi connectivity index (χ2v) is 22.0. The highest BCUT2D eigenvalue weighted by Crippen LogP contribution is 2.75. The Hall–Kier alpha value is -3.00. The first-order valence-electron chi connectivity index (χ1n) is 22.2. The van der Waals surface area contributed by atoms with E-state index in [0.717, 1.165) is 49.7 Å². The lowest BCUT2D eigenvalue weighted by Gasteiger charge is -2.70. The number of benzene rings is 1. The number of H-pyrrole nitrogens is 1. The summed E-state index contributed by atoms with van der Waals surface area (Å²) in [4.78, 5) is 32.6. The van der Waals surface area contributed by atoms with Crippen molar-refractivity contribution in [3.63, 3.8) is 0 Å². The molecule has 9 rings (SSSR count). The Morgan fingerprint density at radius 3 is 2.30 bits per heavy atom. The third-order valence-electron chi connectivity index (χ3n) is 17.8. The molecule has 4 heterocycles. The fourth-order valence-corrected chi connectivity index (χ4v) is 15.1. The maximum absolute atomic E-state index is 15.2. The molecule has 3 N–H and O–H groups in total. The number of aliphatic hydroxyl groups is 2. The van der Waals surface area contributed by atoms with Gasteiger partial charge < -0.3 is 24.5 Å². The van der Waals surface area contributed by atoms with Crippen LogP contribution in [0.3, 0.4) is 0 Å². The normalized spacial score (nSPS) is 38.5. The molecular weight excluding hydrogens is 709 g/mol. The molecular formula is C50H68N2O5. The number of aryl methyl sites for hydroxylation is 3. The molecule has 0 unspecified atom stereocenters. The fourth-order valence-electron chi connectivity index (χ4n) is 15.1. The Kier molecular flexibility index (Phi) is 8.67. The van der Waals surface area contributed by atoms with E-state index in [1.165, 1.54) is 44.5 Å². The third kappa shape index (κ3) is 5.38. The maximum Gasteiger partial charge on any atom is 0.160 e. The minimum absolute atomic E-state index is 0.0842. The largest absolute Gasteiger partial charge is 0.392 e. The molecule has 0 spiro atoms. The number of hydrogen-bond acceptors (Lipinski definition) is 5. The lowest BCUT2D eigenvalue weighted by atomic mass is 9.34. The summed E-state index contributed by atoms with van der Waals surface area (Å²) in [5.41, 5.74) is 9.59. The smallest absolute Gasteiger partial charge is 0.160 e. The first-order chi connectivity index (χ1) is 26.6. The quantitative estimate of drug-likeness (QED) is 0.217. The Balaban J connectivity index is 1.27. The first kappa shape index (κ1) is 39.5. The second-order valence-electron chi connectivity index (χ2n) is 22.0. The van der Waals surface area contributed by atoms with Gasteiger partial charge in [0.15, 0.2) is 5.78 Å². The molecule has 1 aromatic carbocycles. The van der Waals surface area contributed by atoms with Crippen molar-refractivity contribution in [2.45, 2.75) is 171 Å². The molecule has 2 aromatic heterocycles. The summed E-state index contributed by atoms with van der Waals surface area (Å²) in [6.07, 6.45) is 7.63. The van der Waals surface area contributed by atoms with Crippen LogP contribution in [0.5, 0.6) is 0 Å². The van der Waals surface area contributed by atoms with E-state index in [0.29, 0.717) is 38.0 Å². The summed E-state index contributed by atoms with van der Waals surface area (Å²) in [6, 6.07) is 6.86. The summed E-state index contributed by atoms with van der Waals surface area (Å²) in [5.74, 6) is 0.323. The minimum atomic E-state index is -0.710. The molecule has 3 aromatic rings. The number of Topliss-reactive ketones (excluding diaryl/α,β-unsaturated/α-hetero) is 2. The van der Waals surface area contributed by atoms with Gasteiger partial charge in [-0.25, -0.2) is 0 Å². The van der Waals surface area contributed by atoms with Gasteiger partial charge in [-0.15, -0.1) is 0 Å². The second kappa shape index (κ2) is 12.5. The molecule has 3 saturated carbocycles. The van der Waals surface area contributed by atoms with Gasteiger partial charge in [0.2, 0.25) is 0 Å². The molecule has 1 saturated heterocycles. The van der Waals surface area contributed by atoms with E-state index in [-0.39, 0.29) is 46.1 Å². The van der Waals surface area contributed by atoms with Crippen molar-refractivity contribution in [3.05, 3.63) is 69.1 Å². The summed E-state index contributed by atoms with van der Waals surface area (Å²) in [7, 11) is 0. The van der Waals surface area contributed by atoms with Gasteiger partial charge in [0.25, 0.3) is 0 Å². The van der Waals surface area contributed by atoms with E-state index in [1.807, 2.05) is 13.8 Å². The number of aromatic nitrogens is 2. The van der Waals surface area contributed by atoms with Crippen LogP contribution in [0.4, 0.5) is 0 Å². The van der Waals surface area contributed by atoms with Crippen LogP contribution in [-0.4, -0.2) is 55.2 Å². The van der Waals surface area contributed by atoms with Gasteiger partial charge in [-0.1, -0.05) is 77.8 Å². The van der Waals surface area contributed by atoms with Crippen molar-refractivity contribution < 1.29 is 24.5 Å². The van der Waals surface area contributed by atoms with E-state index in [9.17, 15) is 15.0 Å². The standard InChI is InChI=1S/C50H68N2O5/c1-12-33-31(22-29-20-27(2)19-28(3)21-29)40-41-30(25-51-40)13-16-47(8,23-35(54)44-46(6,7)57-44)39-34(53)24-50(11)38(39)32(26-52(33)41)42(56)43-48(9)17-15-37(55)45(4,5)36(48)14-18-49(43,50)10/h19-21,25,32,35-36,42-44,51,54,56H,12-18,22-24,26H2,1-11H3/t32-,35+,36-,42+,43+,44+,47-,48+,49-,50-/m0/s1. The molecule has 4 fully saturated rings. The van der Waals surface area contributed by atoms with Crippen LogP contribution in [0.25, 0.3) is 11.0 Å². The van der Waals surface area contributed by atoms with E-state index in [2.05, 4.69) is 96.3 Å². The van der Waals surface area contributed by atoms with Gasteiger partial charge >= 0.3 is 0 Å². The number of carbonyl (C=O) groups excluding carboxylic acids is 2. The van der Waals surface area contributed by atoms with Gasteiger partial charge in [0.05, 0.1) is 28.8 Å². The van der Waals surface area contributed by atoms with E-state index in [1.54, 1.807) is 0 Å². The van der Waals surface area contributed by atoms with Crippen LogP contribution >= 0.6 is 0 Å². The zero-order valence-electron chi connectivity index (χ0n) is 36.6. The van der Waals surface area contributed by atoms with Gasteiger partial charge in [-0.2, -0.15) is 0 Å². The highest BCUT2D eigenvalue weighted by Gasteiger charge is 2.72. The van der Waals surface area contributed by atoms with Crippen molar-refractivity contribution in [1.82, 2.24) is 9.55 Å². The zero-order valence-corrected chi connectivity index (χ0v) is 36.6. The highest BCUT2D eigenvalue weighted by atomic mass is 16.6. The van der Waals surface area contributed by atoms with Crippen LogP contribution in [-0.2, 0) is 40.1 Å². The molecule has 308 valence electrons. The van der Waals surface area contributed by atoms with Crippen LogP contribution in [0.1, 0.15) is 141 Å². The Bertz CT molecular complexity index is 2220. The van der Waals surface area contributed by atoms with Gasteiger partial charge in [0.1, 0.15) is 11.9 Å². The third-order valence-corrected chi connectivity index (χ3v) is 17.8. The number of hydrogen-bond donors (Lipinski definition) is 3. The number of aromatic amines is 1.